The van der Waals surface area contributed by atoms with Gasteiger partial charge in [-0.2, -0.15) is 0 Å². The van der Waals surface area contributed by atoms with Gasteiger partial charge in [0.1, 0.15) is 0 Å². The number of halogens is 2. The van der Waals surface area contributed by atoms with Crippen LogP contribution in [0.4, 0.5) is 0 Å². The van der Waals surface area contributed by atoms with Crippen molar-refractivity contribution in [1.82, 2.24) is 5.32 Å². The quantitative estimate of drug-likeness (QED) is 0.552. The minimum atomic E-state index is 0.112. The van der Waals surface area contributed by atoms with Crippen molar-refractivity contribution in [2.75, 3.05) is 13.1 Å². The fourth-order valence-electron chi connectivity index (χ4n) is 3.43. The minimum Gasteiger partial charge on any atom is -0.316 e. The van der Waals surface area contributed by atoms with Gasteiger partial charge in [0, 0.05) is 22.0 Å². The van der Waals surface area contributed by atoms with Crippen LogP contribution in [0.2, 0.25) is 10.0 Å². The van der Waals surface area contributed by atoms with Crippen molar-refractivity contribution in [3.63, 3.8) is 0 Å². The van der Waals surface area contributed by atoms with Crippen molar-refractivity contribution in [2.24, 2.45) is 0 Å². The van der Waals surface area contributed by atoms with Gasteiger partial charge in [0.25, 0.3) is 0 Å². The van der Waals surface area contributed by atoms with Crippen molar-refractivity contribution < 1.29 is 0 Å². The Labute approximate surface area is 133 Å². The average molecular weight is 314 g/mol. The maximum atomic E-state index is 6.51. The molecule has 0 radical (unpaired) electrons. The lowest BCUT2D eigenvalue weighted by molar-refractivity contribution is 0.348. The first-order valence-corrected chi connectivity index (χ1v) is 8.60. The molecule has 0 spiro atoms. The molecule has 2 rings (SSSR count). The van der Waals surface area contributed by atoms with Crippen molar-refractivity contribution in [3.8, 4) is 0 Å². The highest BCUT2D eigenvalue weighted by Gasteiger charge is 2.35. The van der Waals surface area contributed by atoms with Crippen LogP contribution in [0.15, 0.2) is 18.2 Å². The molecule has 20 heavy (non-hydrogen) atoms. The SMILES string of the molecule is CCCNCC1(c2c(Cl)cccc2Cl)CCCCCC1. The van der Waals surface area contributed by atoms with Crippen LogP contribution in [-0.2, 0) is 5.41 Å². The molecule has 0 atom stereocenters. The molecule has 1 fully saturated rings. The summed E-state index contributed by atoms with van der Waals surface area (Å²) in [7, 11) is 0. The van der Waals surface area contributed by atoms with Crippen molar-refractivity contribution in [2.45, 2.75) is 57.3 Å². The van der Waals surface area contributed by atoms with Crippen LogP contribution in [0.3, 0.4) is 0 Å². The molecule has 0 aromatic heterocycles. The average Bonchev–Trinajstić information content (AvgIpc) is 2.65. The van der Waals surface area contributed by atoms with Gasteiger partial charge in [-0.1, -0.05) is 61.9 Å². The number of nitrogens with one attached hydrogen (secondary N) is 1. The highest BCUT2D eigenvalue weighted by Crippen LogP contribution is 2.44. The fraction of sp³-hybridized carbons (Fsp3) is 0.647. The topological polar surface area (TPSA) is 12.0 Å². The Kier molecular flexibility index (Phi) is 6.20. The molecule has 1 nitrogen and oxygen atoms in total. The second-order valence-corrected chi connectivity index (χ2v) is 6.78. The lowest BCUT2D eigenvalue weighted by Gasteiger charge is -2.35. The van der Waals surface area contributed by atoms with E-state index in [0.717, 1.165) is 29.6 Å². The van der Waals surface area contributed by atoms with E-state index in [1.807, 2.05) is 18.2 Å². The third kappa shape index (κ3) is 3.69. The minimum absolute atomic E-state index is 0.112. The summed E-state index contributed by atoms with van der Waals surface area (Å²) in [5.41, 5.74) is 1.29. The van der Waals surface area contributed by atoms with E-state index < -0.39 is 0 Å². The van der Waals surface area contributed by atoms with Gasteiger partial charge in [0.15, 0.2) is 0 Å². The molecule has 0 aliphatic heterocycles. The molecular formula is C17H25Cl2N. The largest absolute Gasteiger partial charge is 0.316 e. The van der Waals surface area contributed by atoms with Gasteiger partial charge in [0.2, 0.25) is 0 Å². The second kappa shape index (κ2) is 7.68. The first-order chi connectivity index (χ1) is 9.69. The molecule has 1 N–H and O–H groups in total. The Morgan fingerprint density at radius 1 is 1.05 bits per heavy atom. The zero-order valence-corrected chi connectivity index (χ0v) is 13.9. The second-order valence-electron chi connectivity index (χ2n) is 5.97. The van der Waals surface area contributed by atoms with E-state index in [2.05, 4.69) is 12.2 Å². The summed E-state index contributed by atoms with van der Waals surface area (Å²) in [6.45, 7) is 4.25. The number of hydrogen-bond donors (Lipinski definition) is 1. The van der Waals surface area contributed by atoms with Gasteiger partial charge in [-0.15, -0.1) is 0 Å². The van der Waals surface area contributed by atoms with Crippen LogP contribution < -0.4 is 5.32 Å². The molecule has 1 aromatic rings. The fourth-order valence-corrected chi connectivity index (χ4v) is 4.23. The van der Waals surface area contributed by atoms with Gasteiger partial charge >= 0.3 is 0 Å². The van der Waals surface area contributed by atoms with E-state index in [1.54, 1.807) is 0 Å². The summed E-state index contributed by atoms with van der Waals surface area (Å²) in [5, 5.41) is 5.27. The number of benzene rings is 1. The van der Waals surface area contributed by atoms with Gasteiger partial charge in [-0.05, 0) is 43.5 Å². The predicted octanol–water partition coefficient (Wildman–Crippen LogP) is 5.59. The van der Waals surface area contributed by atoms with E-state index in [9.17, 15) is 0 Å². The third-order valence-corrected chi connectivity index (χ3v) is 5.07. The molecule has 0 unspecified atom stereocenters. The van der Waals surface area contributed by atoms with Gasteiger partial charge in [0.05, 0.1) is 0 Å². The molecule has 3 heteroatoms. The third-order valence-electron chi connectivity index (χ3n) is 4.44. The molecular weight excluding hydrogens is 289 g/mol. The Balaban J connectivity index is 2.33. The highest BCUT2D eigenvalue weighted by molar-refractivity contribution is 6.36. The van der Waals surface area contributed by atoms with E-state index in [0.29, 0.717) is 0 Å². The summed E-state index contributed by atoms with van der Waals surface area (Å²) in [4.78, 5) is 0. The normalized spacial score (nSPS) is 18.8. The molecule has 0 bridgehead atoms. The first-order valence-electron chi connectivity index (χ1n) is 7.85. The maximum absolute atomic E-state index is 6.51. The zero-order chi connectivity index (χ0) is 14.4. The highest BCUT2D eigenvalue weighted by atomic mass is 35.5. The predicted molar refractivity (Wildman–Crippen MR) is 89.0 cm³/mol. The molecule has 0 amide bonds. The van der Waals surface area contributed by atoms with E-state index in [1.165, 1.54) is 44.1 Å². The van der Waals surface area contributed by atoms with E-state index >= 15 is 0 Å². The summed E-state index contributed by atoms with van der Waals surface area (Å²) in [5.74, 6) is 0. The summed E-state index contributed by atoms with van der Waals surface area (Å²) < 4.78 is 0. The molecule has 1 saturated carbocycles. The van der Waals surface area contributed by atoms with Crippen LogP contribution in [0.25, 0.3) is 0 Å². The van der Waals surface area contributed by atoms with Crippen molar-refractivity contribution >= 4 is 23.2 Å². The number of hydrogen-bond acceptors (Lipinski definition) is 1. The van der Waals surface area contributed by atoms with Gasteiger partial charge in [-0.3, -0.25) is 0 Å². The van der Waals surface area contributed by atoms with E-state index in [4.69, 9.17) is 23.2 Å². The summed E-state index contributed by atoms with van der Waals surface area (Å²) in [6.07, 6.45) is 8.74. The van der Waals surface area contributed by atoms with E-state index in [-0.39, 0.29) is 5.41 Å². The standard InChI is InChI=1S/C17H25Cl2N/c1-2-12-20-13-17(10-5-3-4-6-11-17)16-14(18)8-7-9-15(16)19/h7-9,20H,2-6,10-13H2,1H3. The summed E-state index contributed by atoms with van der Waals surface area (Å²) in [6, 6.07) is 5.91. The van der Waals surface area contributed by atoms with Crippen LogP contribution in [-0.4, -0.2) is 13.1 Å². The molecule has 0 heterocycles. The summed E-state index contributed by atoms with van der Waals surface area (Å²) >= 11 is 13.0. The lowest BCUT2D eigenvalue weighted by atomic mass is 9.74. The number of rotatable bonds is 5. The van der Waals surface area contributed by atoms with Crippen LogP contribution in [0.5, 0.6) is 0 Å². The van der Waals surface area contributed by atoms with Crippen LogP contribution in [0, 0.1) is 0 Å². The monoisotopic (exact) mass is 313 g/mol. The maximum Gasteiger partial charge on any atom is 0.0459 e. The van der Waals surface area contributed by atoms with Crippen LogP contribution in [0.1, 0.15) is 57.4 Å². The zero-order valence-electron chi connectivity index (χ0n) is 12.4. The smallest absolute Gasteiger partial charge is 0.0459 e. The first kappa shape index (κ1) is 16.1. The Hall–Kier alpha value is -0.240. The molecule has 1 aliphatic carbocycles. The Bertz CT molecular complexity index is 403. The van der Waals surface area contributed by atoms with Crippen LogP contribution >= 0.6 is 23.2 Å². The molecule has 112 valence electrons. The lowest BCUT2D eigenvalue weighted by Crippen LogP contribution is -2.38. The Morgan fingerprint density at radius 3 is 2.20 bits per heavy atom. The molecule has 0 saturated heterocycles. The molecule has 1 aromatic carbocycles. The Morgan fingerprint density at radius 2 is 1.65 bits per heavy atom. The van der Waals surface area contributed by atoms with Gasteiger partial charge in [-0.25, -0.2) is 0 Å². The van der Waals surface area contributed by atoms with Crippen molar-refractivity contribution in [3.05, 3.63) is 33.8 Å². The van der Waals surface area contributed by atoms with Gasteiger partial charge < -0.3 is 5.32 Å². The molecule has 1 aliphatic rings. The van der Waals surface area contributed by atoms with Crippen molar-refractivity contribution in [1.29, 1.82) is 0 Å².